The Balaban J connectivity index is 2.37. The summed E-state index contributed by atoms with van der Waals surface area (Å²) < 4.78 is 19.1. The first-order valence-electron chi connectivity index (χ1n) is 5.61. The molecule has 8 nitrogen and oxygen atoms in total. The fraction of sp³-hybridized carbons (Fsp3) is 0.600. The molecular weight excluding hydrogens is 297 g/mol. The minimum Gasteiger partial charge on any atom is -0.393 e. The number of halogens is 2. The second-order valence-corrected chi connectivity index (χ2v) is 4.76. The molecule has 0 bridgehead atoms. The number of carbonyl (C=O) groups excluding carboxylic acids is 1. The number of aliphatic hydroxyl groups is 2. The Labute approximate surface area is 117 Å². The summed E-state index contributed by atoms with van der Waals surface area (Å²) in [6.07, 6.45) is -4.51. The van der Waals surface area contributed by atoms with Crippen LogP contribution in [0, 0.1) is 10.3 Å². The first-order chi connectivity index (χ1) is 9.36. The van der Waals surface area contributed by atoms with Gasteiger partial charge in [-0.3, -0.25) is 5.41 Å². The lowest BCUT2D eigenvalue weighted by Gasteiger charge is -2.26. The predicted octanol–water partition coefficient (Wildman–Crippen LogP) is -0.583. The van der Waals surface area contributed by atoms with Gasteiger partial charge in [0.2, 0.25) is 5.84 Å². The van der Waals surface area contributed by atoms with E-state index in [9.17, 15) is 24.3 Å². The van der Waals surface area contributed by atoms with Crippen LogP contribution in [0.5, 0.6) is 0 Å². The van der Waals surface area contributed by atoms with Gasteiger partial charge < -0.3 is 14.9 Å². The van der Waals surface area contributed by atoms with Crippen LogP contribution in [0.25, 0.3) is 0 Å². The van der Waals surface area contributed by atoms with Crippen molar-refractivity contribution in [3.8, 4) is 0 Å². The third-order valence-corrected chi connectivity index (χ3v) is 3.68. The quantitative estimate of drug-likeness (QED) is 0.410. The second-order valence-electron chi connectivity index (χ2n) is 4.49. The lowest BCUT2D eigenvalue weighted by Crippen LogP contribution is -2.47. The fourth-order valence-electron chi connectivity index (χ4n) is 2.07. The van der Waals surface area contributed by atoms with Crippen molar-refractivity contribution in [1.29, 1.82) is 5.41 Å². The molecular formula is C10H12ClFN3O5+. The Bertz CT molecular complexity index is 507. The van der Waals surface area contributed by atoms with Crippen molar-refractivity contribution < 1.29 is 28.9 Å². The van der Waals surface area contributed by atoms with E-state index in [1.54, 1.807) is 0 Å². The SMILES string of the molecule is N=C1C=C([C@@H]2O[C@@](CO)(CCl)[C@@H](O)[C@@H]2F)[N+](=O)C(=O)N1. The first kappa shape index (κ1) is 15.0. The number of alkyl halides is 2. The number of rotatable bonds is 3. The maximum absolute atomic E-state index is 14.1. The van der Waals surface area contributed by atoms with E-state index >= 15 is 0 Å². The van der Waals surface area contributed by atoms with Crippen LogP contribution in [0.4, 0.5) is 9.18 Å². The van der Waals surface area contributed by atoms with E-state index in [-0.39, 0.29) is 4.76 Å². The van der Waals surface area contributed by atoms with E-state index in [4.69, 9.17) is 21.7 Å². The van der Waals surface area contributed by atoms with Crippen molar-refractivity contribution >= 4 is 23.5 Å². The van der Waals surface area contributed by atoms with Crippen LogP contribution < -0.4 is 5.32 Å². The van der Waals surface area contributed by atoms with Crippen molar-refractivity contribution in [3.63, 3.8) is 0 Å². The number of carbonyl (C=O) groups is 1. The molecule has 1 fully saturated rings. The Morgan fingerprint density at radius 1 is 1.65 bits per heavy atom. The maximum Gasteiger partial charge on any atom is 0.541 e. The molecule has 0 aliphatic carbocycles. The zero-order valence-electron chi connectivity index (χ0n) is 10.0. The molecule has 0 aromatic rings. The van der Waals surface area contributed by atoms with Crippen LogP contribution in [0.15, 0.2) is 11.8 Å². The van der Waals surface area contributed by atoms with Gasteiger partial charge in [0.1, 0.15) is 11.7 Å². The third kappa shape index (κ3) is 2.12. The lowest BCUT2D eigenvalue weighted by molar-refractivity contribution is -0.411. The molecule has 2 amide bonds. The fourth-order valence-corrected chi connectivity index (χ4v) is 2.38. The molecule has 1 saturated heterocycles. The van der Waals surface area contributed by atoms with E-state index in [1.165, 1.54) is 0 Å². The van der Waals surface area contributed by atoms with Crippen LogP contribution in [-0.4, -0.2) is 63.3 Å². The molecule has 2 aliphatic heterocycles. The molecule has 2 heterocycles. The average molecular weight is 309 g/mol. The minimum atomic E-state index is -2.07. The Hall–Kier alpha value is -1.42. The largest absolute Gasteiger partial charge is 0.541 e. The van der Waals surface area contributed by atoms with Gasteiger partial charge >= 0.3 is 6.03 Å². The summed E-state index contributed by atoms with van der Waals surface area (Å²) in [6.45, 7) is -0.760. The smallest absolute Gasteiger partial charge is 0.393 e. The van der Waals surface area contributed by atoms with Crippen molar-refractivity contribution in [2.75, 3.05) is 12.5 Å². The number of amidine groups is 1. The van der Waals surface area contributed by atoms with Gasteiger partial charge in [-0.25, -0.2) is 4.39 Å². The van der Waals surface area contributed by atoms with Crippen LogP contribution in [0.2, 0.25) is 0 Å². The number of amides is 2. The van der Waals surface area contributed by atoms with Crippen molar-refractivity contribution in [2.45, 2.75) is 24.0 Å². The molecule has 10 heteroatoms. The number of nitrogens with one attached hydrogen (secondary N) is 2. The zero-order chi connectivity index (χ0) is 15.1. The summed E-state index contributed by atoms with van der Waals surface area (Å²) >= 11 is 5.58. The number of nitroso groups, excluding NO2 is 1. The minimum absolute atomic E-state index is 0.163. The van der Waals surface area contributed by atoms with Crippen LogP contribution in [0.1, 0.15) is 0 Å². The average Bonchev–Trinajstić information content (AvgIpc) is 2.68. The van der Waals surface area contributed by atoms with Gasteiger partial charge in [0.15, 0.2) is 18.0 Å². The third-order valence-electron chi connectivity index (χ3n) is 3.23. The van der Waals surface area contributed by atoms with Gasteiger partial charge in [0, 0.05) is 4.76 Å². The standard InChI is InChI=1S/C10H11ClFN3O5/c11-2-10(3-16)8(17)6(12)7(20-10)4-1-5(13)14-9(18)15(4)19/h1,6-8,16-17H,2-3H2,(H-,13,14,18)/p+1/t6-,7+,8+,10-/m1/s1. The molecule has 0 radical (unpaired) electrons. The van der Waals surface area contributed by atoms with Gasteiger partial charge in [0.05, 0.1) is 18.6 Å². The first-order valence-corrected chi connectivity index (χ1v) is 6.15. The number of hydrogen-bond donors (Lipinski definition) is 4. The van der Waals surface area contributed by atoms with Crippen LogP contribution in [0.3, 0.4) is 0 Å². The summed E-state index contributed by atoms with van der Waals surface area (Å²) in [4.78, 5) is 22.9. The van der Waals surface area contributed by atoms with Gasteiger partial charge in [-0.1, -0.05) is 4.91 Å². The highest BCUT2D eigenvalue weighted by Crippen LogP contribution is 2.37. The Morgan fingerprint density at radius 3 is 2.80 bits per heavy atom. The molecule has 4 N–H and O–H groups in total. The van der Waals surface area contributed by atoms with E-state index < -0.39 is 54.0 Å². The van der Waals surface area contributed by atoms with Crippen LogP contribution >= 0.6 is 11.6 Å². The van der Waals surface area contributed by atoms with Crippen LogP contribution in [-0.2, 0) is 4.74 Å². The summed E-state index contributed by atoms with van der Waals surface area (Å²) in [5.74, 6) is -0.813. The summed E-state index contributed by atoms with van der Waals surface area (Å²) in [5.41, 5.74) is -2.23. The molecule has 0 aromatic heterocycles. The van der Waals surface area contributed by atoms with Crippen molar-refractivity contribution in [1.82, 2.24) is 5.32 Å². The molecule has 0 unspecified atom stereocenters. The molecule has 110 valence electrons. The van der Waals surface area contributed by atoms with E-state index in [0.717, 1.165) is 6.08 Å². The normalized spacial score (nSPS) is 37.9. The molecule has 0 aromatic carbocycles. The predicted molar refractivity (Wildman–Crippen MR) is 64.3 cm³/mol. The van der Waals surface area contributed by atoms with Gasteiger partial charge in [-0.15, -0.1) is 11.6 Å². The van der Waals surface area contributed by atoms with E-state index in [1.807, 2.05) is 5.32 Å². The number of ether oxygens (including phenoxy) is 1. The van der Waals surface area contributed by atoms with E-state index in [0.29, 0.717) is 0 Å². The monoisotopic (exact) mass is 308 g/mol. The number of hydrogen-bond acceptors (Lipinski definition) is 6. The maximum atomic E-state index is 14.1. The number of urea groups is 1. The van der Waals surface area contributed by atoms with Crippen molar-refractivity contribution in [3.05, 3.63) is 16.7 Å². The second kappa shape index (κ2) is 5.17. The Morgan fingerprint density at radius 2 is 2.30 bits per heavy atom. The lowest BCUT2D eigenvalue weighted by atomic mass is 9.97. The number of nitrogens with zero attached hydrogens (tertiary/aromatic N) is 1. The molecule has 0 saturated carbocycles. The topological polar surface area (TPSA) is 123 Å². The summed E-state index contributed by atoms with van der Waals surface area (Å²) in [5, 5.41) is 28.2. The zero-order valence-corrected chi connectivity index (χ0v) is 10.8. The molecule has 2 rings (SSSR count). The summed E-state index contributed by atoms with van der Waals surface area (Å²) in [6, 6.07) is -1.16. The molecule has 20 heavy (non-hydrogen) atoms. The van der Waals surface area contributed by atoms with Crippen molar-refractivity contribution in [2.24, 2.45) is 0 Å². The van der Waals surface area contributed by atoms with Gasteiger partial charge in [0.25, 0.3) is 0 Å². The summed E-state index contributed by atoms with van der Waals surface area (Å²) in [7, 11) is 0. The van der Waals surface area contributed by atoms with Gasteiger partial charge in [-0.2, -0.15) is 10.1 Å². The van der Waals surface area contributed by atoms with E-state index in [2.05, 4.69) is 0 Å². The Kier molecular flexibility index (Phi) is 3.87. The highest BCUT2D eigenvalue weighted by molar-refractivity contribution is 6.18. The molecule has 0 spiro atoms. The van der Waals surface area contributed by atoms with Gasteiger partial charge in [-0.05, 0) is 0 Å². The molecule has 4 atom stereocenters. The number of aliphatic hydroxyl groups excluding tert-OH is 2. The highest BCUT2D eigenvalue weighted by atomic mass is 35.5. The molecule has 2 aliphatic rings. The highest BCUT2D eigenvalue weighted by Gasteiger charge is 2.58.